The molecule has 0 aliphatic rings. The van der Waals surface area contributed by atoms with Gasteiger partial charge < -0.3 is 4.57 Å². The molecule has 1 aromatic carbocycles. The molecule has 21 heavy (non-hydrogen) atoms. The molecule has 2 aromatic rings. The van der Waals surface area contributed by atoms with E-state index in [0.29, 0.717) is 22.3 Å². The Labute approximate surface area is 131 Å². The van der Waals surface area contributed by atoms with E-state index in [9.17, 15) is 13.2 Å². The third kappa shape index (κ3) is 3.54. The number of anilines is 1. The first kappa shape index (κ1) is 15.8. The summed E-state index contributed by atoms with van der Waals surface area (Å²) in [6.07, 6.45) is 1.49. The van der Waals surface area contributed by atoms with Crippen LogP contribution in [0.4, 0.5) is 5.69 Å². The lowest BCUT2D eigenvalue weighted by Gasteiger charge is -2.12. The van der Waals surface area contributed by atoms with Gasteiger partial charge in [-0.3, -0.25) is 9.52 Å². The zero-order valence-corrected chi connectivity index (χ0v) is 14.0. The minimum absolute atomic E-state index is 0.168. The first-order chi connectivity index (χ1) is 9.83. The Bertz CT molecular complexity index is 828. The van der Waals surface area contributed by atoms with Crippen LogP contribution in [0.2, 0.25) is 0 Å². The van der Waals surface area contributed by atoms with Gasteiger partial charge in [0.1, 0.15) is 0 Å². The van der Waals surface area contributed by atoms with Crippen molar-refractivity contribution in [3.63, 3.8) is 0 Å². The summed E-state index contributed by atoms with van der Waals surface area (Å²) >= 11 is 3.27. The molecule has 0 saturated carbocycles. The number of benzene rings is 1. The number of halogens is 1. The fourth-order valence-electron chi connectivity index (χ4n) is 1.91. The summed E-state index contributed by atoms with van der Waals surface area (Å²) in [5.41, 5.74) is 0.837. The van der Waals surface area contributed by atoms with E-state index in [1.165, 1.54) is 22.9 Å². The van der Waals surface area contributed by atoms with Gasteiger partial charge in [-0.15, -0.1) is 0 Å². The largest absolute Gasteiger partial charge is 0.314 e. The standard InChI is InChI=1S/C14H15BrN2O3S/c1-3-17-9-12(6-7-14(17)18)16-21(19,20)13-8-11(15)5-4-10(13)2/h4-9,16H,3H2,1-2H3. The maximum atomic E-state index is 12.4. The van der Waals surface area contributed by atoms with E-state index < -0.39 is 10.0 Å². The van der Waals surface area contributed by atoms with Crippen LogP contribution in [0, 0.1) is 6.92 Å². The highest BCUT2D eigenvalue weighted by Crippen LogP contribution is 2.22. The van der Waals surface area contributed by atoms with Crippen LogP contribution < -0.4 is 10.3 Å². The van der Waals surface area contributed by atoms with Crippen molar-refractivity contribution in [3.05, 3.63) is 56.9 Å². The molecule has 0 bridgehead atoms. The summed E-state index contributed by atoms with van der Waals surface area (Å²) in [4.78, 5) is 11.7. The zero-order chi connectivity index (χ0) is 15.6. The second-order valence-electron chi connectivity index (χ2n) is 4.56. The van der Waals surface area contributed by atoms with Crippen molar-refractivity contribution in [2.45, 2.75) is 25.3 Å². The molecule has 2 rings (SSSR count). The number of rotatable bonds is 4. The van der Waals surface area contributed by atoms with Crippen LogP contribution in [0.25, 0.3) is 0 Å². The van der Waals surface area contributed by atoms with Gasteiger partial charge in [0.05, 0.1) is 10.6 Å². The summed E-state index contributed by atoms with van der Waals surface area (Å²) in [6, 6.07) is 7.86. The fourth-order valence-corrected chi connectivity index (χ4v) is 3.74. The molecule has 1 N–H and O–H groups in total. The summed E-state index contributed by atoms with van der Waals surface area (Å²) in [6.45, 7) is 4.02. The SMILES string of the molecule is CCn1cc(NS(=O)(=O)c2cc(Br)ccc2C)ccc1=O. The summed E-state index contributed by atoms with van der Waals surface area (Å²) < 4.78 is 29.5. The summed E-state index contributed by atoms with van der Waals surface area (Å²) in [7, 11) is -3.70. The Hall–Kier alpha value is -1.60. The van der Waals surface area contributed by atoms with Gasteiger partial charge in [-0.1, -0.05) is 22.0 Å². The van der Waals surface area contributed by atoms with E-state index in [4.69, 9.17) is 0 Å². The van der Waals surface area contributed by atoms with Gasteiger partial charge in [-0.2, -0.15) is 0 Å². The Kier molecular flexibility index (Phi) is 4.53. The van der Waals surface area contributed by atoms with Crippen molar-refractivity contribution >= 4 is 31.6 Å². The number of nitrogens with one attached hydrogen (secondary N) is 1. The third-order valence-electron chi connectivity index (χ3n) is 3.02. The number of hydrogen-bond donors (Lipinski definition) is 1. The highest BCUT2D eigenvalue weighted by atomic mass is 79.9. The maximum absolute atomic E-state index is 12.4. The Morgan fingerprint density at radius 2 is 1.95 bits per heavy atom. The molecule has 1 heterocycles. The third-order valence-corrected chi connectivity index (χ3v) is 5.03. The quantitative estimate of drug-likeness (QED) is 0.899. The highest BCUT2D eigenvalue weighted by molar-refractivity contribution is 9.10. The Morgan fingerprint density at radius 1 is 1.24 bits per heavy atom. The van der Waals surface area contributed by atoms with Crippen LogP contribution in [0.15, 0.2) is 50.7 Å². The molecule has 0 aliphatic carbocycles. The predicted molar refractivity (Wildman–Crippen MR) is 86.1 cm³/mol. The zero-order valence-electron chi connectivity index (χ0n) is 11.6. The van der Waals surface area contributed by atoms with E-state index in [0.717, 1.165) is 0 Å². The normalized spacial score (nSPS) is 11.4. The molecule has 0 aliphatic heterocycles. The molecule has 1 aromatic heterocycles. The van der Waals surface area contributed by atoms with Gasteiger partial charge in [0.25, 0.3) is 15.6 Å². The van der Waals surface area contributed by atoms with Gasteiger partial charge in [0.2, 0.25) is 0 Å². The van der Waals surface area contributed by atoms with E-state index >= 15 is 0 Å². The molecule has 7 heteroatoms. The number of nitrogens with zero attached hydrogens (tertiary/aromatic N) is 1. The maximum Gasteiger partial charge on any atom is 0.262 e. The van der Waals surface area contributed by atoms with Gasteiger partial charge in [0, 0.05) is 23.3 Å². The van der Waals surface area contributed by atoms with E-state index in [2.05, 4.69) is 20.7 Å². The number of hydrogen-bond acceptors (Lipinski definition) is 3. The number of sulfonamides is 1. The van der Waals surface area contributed by atoms with Gasteiger partial charge in [-0.05, 0) is 37.6 Å². The Balaban J connectivity index is 2.42. The highest BCUT2D eigenvalue weighted by Gasteiger charge is 2.17. The van der Waals surface area contributed by atoms with Crippen molar-refractivity contribution in [2.24, 2.45) is 0 Å². The molecular formula is C14H15BrN2O3S. The summed E-state index contributed by atoms with van der Waals surface area (Å²) in [5, 5.41) is 0. The lowest BCUT2D eigenvalue weighted by Crippen LogP contribution is -2.20. The average Bonchev–Trinajstić information content (AvgIpc) is 2.43. The van der Waals surface area contributed by atoms with Crippen LogP contribution in [-0.2, 0) is 16.6 Å². The van der Waals surface area contributed by atoms with E-state index in [1.807, 2.05) is 6.92 Å². The monoisotopic (exact) mass is 370 g/mol. The molecule has 0 atom stereocenters. The van der Waals surface area contributed by atoms with Crippen LogP contribution in [0.5, 0.6) is 0 Å². The first-order valence-corrected chi connectivity index (χ1v) is 8.60. The van der Waals surface area contributed by atoms with E-state index in [1.54, 1.807) is 25.1 Å². The number of aryl methyl sites for hydroxylation is 2. The Morgan fingerprint density at radius 3 is 2.62 bits per heavy atom. The van der Waals surface area contributed by atoms with Crippen LogP contribution >= 0.6 is 15.9 Å². The lowest BCUT2D eigenvalue weighted by molar-refractivity contribution is 0.600. The van der Waals surface area contributed by atoms with Crippen LogP contribution in [0.3, 0.4) is 0 Å². The molecule has 0 radical (unpaired) electrons. The molecule has 0 amide bonds. The van der Waals surface area contributed by atoms with Crippen molar-refractivity contribution in [1.29, 1.82) is 0 Å². The van der Waals surface area contributed by atoms with Gasteiger partial charge in [0.15, 0.2) is 0 Å². The average molecular weight is 371 g/mol. The van der Waals surface area contributed by atoms with Crippen LogP contribution in [-0.4, -0.2) is 13.0 Å². The smallest absolute Gasteiger partial charge is 0.262 e. The molecule has 0 spiro atoms. The summed E-state index contributed by atoms with van der Waals surface area (Å²) in [5.74, 6) is 0. The molecular weight excluding hydrogens is 356 g/mol. The second-order valence-corrected chi connectivity index (χ2v) is 7.12. The molecule has 0 saturated heterocycles. The van der Waals surface area contributed by atoms with Crippen LogP contribution in [0.1, 0.15) is 12.5 Å². The van der Waals surface area contributed by atoms with Gasteiger partial charge in [-0.25, -0.2) is 8.42 Å². The van der Waals surface area contributed by atoms with Crippen molar-refractivity contribution in [2.75, 3.05) is 4.72 Å². The molecule has 0 fully saturated rings. The van der Waals surface area contributed by atoms with Crippen molar-refractivity contribution < 1.29 is 8.42 Å². The molecule has 0 unspecified atom stereocenters. The lowest BCUT2D eigenvalue weighted by atomic mass is 10.2. The minimum atomic E-state index is -3.70. The molecule has 112 valence electrons. The van der Waals surface area contributed by atoms with Gasteiger partial charge >= 0.3 is 0 Å². The van der Waals surface area contributed by atoms with Crippen molar-refractivity contribution in [3.8, 4) is 0 Å². The molecule has 5 nitrogen and oxygen atoms in total. The van der Waals surface area contributed by atoms with E-state index in [-0.39, 0.29) is 10.5 Å². The predicted octanol–water partition coefficient (Wildman–Crippen LogP) is 2.74. The fraction of sp³-hybridized carbons (Fsp3) is 0.214. The second kappa shape index (κ2) is 6.03. The van der Waals surface area contributed by atoms with Crippen molar-refractivity contribution in [1.82, 2.24) is 4.57 Å². The topological polar surface area (TPSA) is 68.2 Å². The first-order valence-electron chi connectivity index (χ1n) is 6.33. The number of pyridine rings is 1. The number of aromatic nitrogens is 1. The minimum Gasteiger partial charge on any atom is -0.314 e.